The number of hydrogen-bond acceptors (Lipinski definition) is 3. The molecule has 0 N–H and O–H groups in total. The van der Waals surface area contributed by atoms with E-state index in [4.69, 9.17) is 4.74 Å². The summed E-state index contributed by atoms with van der Waals surface area (Å²) >= 11 is 0. The average molecular weight is 202 g/mol. The largest absolute Gasteiger partial charge is 0.513 e. The van der Waals surface area contributed by atoms with E-state index in [2.05, 4.69) is 4.74 Å². The van der Waals surface area contributed by atoms with Crippen molar-refractivity contribution >= 4 is 16.9 Å². The molecule has 2 aromatic rings. The van der Waals surface area contributed by atoms with Gasteiger partial charge in [-0.2, -0.15) is 0 Å². The van der Waals surface area contributed by atoms with E-state index in [9.17, 15) is 4.79 Å². The van der Waals surface area contributed by atoms with Crippen LogP contribution in [-0.4, -0.2) is 13.3 Å². The zero-order valence-corrected chi connectivity index (χ0v) is 8.27. The first-order chi connectivity index (χ1) is 7.29. The van der Waals surface area contributed by atoms with Gasteiger partial charge in [-0.15, -0.1) is 0 Å². The van der Waals surface area contributed by atoms with E-state index >= 15 is 0 Å². The zero-order valence-electron chi connectivity index (χ0n) is 8.27. The van der Waals surface area contributed by atoms with Gasteiger partial charge in [0.25, 0.3) is 0 Å². The summed E-state index contributed by atoms with van der Waals surface area (Å²) in [5, 5.41) is 2.13. The third-order valence-corrected chi connectivity index (χ3v) is 2.09. The highest BCUT2D eigenvalue weighted by molar-refractivity contribution is 5.84. The number of hydrogen-bond donors (Lipinski definition) is 0. The molecule has 0 aliphatic heterocycles. The van der Waals surface area contributed by atoms with Crippen LogP contribution in [0.25, 0.3) is 10.8 Å². The summed E-state index contributed by atoms with van der Waals surface area (Å²) in [5.41, 5.74) is 0. The van der Waals surface area contributed by atoms with Crippen molar-refractivity contribution in [2.75, 3.05) is 7.11 Å². The number of benzene rings is 2. The van der Waals surface area contributed by atoms with Gasteiger partial charge < -0.3 is 9.47 Å². The molecule has 2 aromatic carbocycles. The fraction of sp³-hybridized carbons (Fsp3) is 0.0833. The second kappa shape index (κ2) is 4.00. The molecule has 0 heterocycles. The van der Waals surface area contributed by atoms with Gasteiger partial charge in [0, 0.05) is 0 Å². The number of fused-ring (bicyclic) bond motifs is 1. The van der Waals surface area contributed by atoms with Crippen LogP contribution in [0.1, 0.15) is 0 Å². The standard InChI is InChI=1S/C12H10O3/c1-14-12(13)15-11-7-6-9-4-2-3-5-10(9)8-11/h2-8H,1H3. The Kier molecular flexibility index (Phi) is 2.54. The molecule has 76 valence electrons. The van der Waals surface area contributed by atoms with Crippen molar-refractivity contribution in [2.24, 2.45) is 0 Å². The first-order valence-corrected chi connectivity index (χ1v) is 4.54. The minimum Gasteiger partial charge on any atom is -0.437 e. The van der Waals surface area contributed by atoms with Crippen LogP contribution in [0.15, 0.2) is 42.5 Å². The van der Waals surface area contributed by atoms with E-state index in [0.29, 0.717) is 5.75 Å². The van der Waals surface area contributed by atoms with E-state index in [0.717, 1.165) is 10.8 Å². The van der Waals surface area contributed by atoms with Crippen molar-refractivity contribution in [1.29, 1.82) is 0 Å². The third-order valence-electron chi connectivity index (χ3n) is 2.09. The maximum absolute atomic E-state index is 10.9. The van der Waals surface area contributed by atoms with Crippen LogP contribution >= 0.6 is 0 Å². The average Bonchev–Trinajstić information content (AvgIpc) is 2.29. The lowest BCUT2D eigenvalue weighted by Gasteiger charge is -2.03. The molecule has 15 heavy (non-hydrogen) atoms. The Morgan fingerprint density at radius 3 is 2.53 bits per heavy atom. The molecule has 0 atom stereocenters. The van der Waals surface area contributed by atoms with Gasteiger partial charge in [0.15, 0.2) is 0 Å². The lowest BCUT2D eigenvalue weighted by Crippen LogP contribution is -2.06. The molecule has 0 amide bonds. The Morgan fingerprint density at radius 2 is 1.80 bits per heavy atom. The van der Waals surface area contributed by atoms with Crippen molar-refractivity contribution in [3.05, 3.63) is 42.5 Å². The molecule has 2 rings (SSSR count). The van der Waals surface area contributed by atoms with Gasteiger partial charge in [0.05, 0.1) is 7.11 Å². The smallest absolute Gasteiger partial charge is 0.437 e. The molecule has 0 saturated heterocycles. The number of methoxy groups -OCH3 is 1. The van der Waals surface area contributed by atoms with Crippen LogP contribution in [0.2, 0.25) is 0 Å². The molecular formula is C12H10O3. The minimum atomic E-state index is -0.703. The molecule has 0 aliphatic carbocycles. The Morgan fingerprint density at radius 1 is 1.07 bits per heavy atom. The second-order valence-electron chi connectivity index (χ2n) is 3.07. The molecule has 0 aliphatic rings. The van der Waals surface area contributed by atoms with Gasteiger partial charge >= 0.3 is 6.16 Å². The molecule has 0 unspecified atom stereocenters. The number of carbonyl (C=O) groups excluding carboxylic acids is 1. The topological polar surface area (TPSA) is 35.5 Å². The molecule has 3 nitrogen and oxygen atoms in total. The summed E-state index contributed by atoms with van der Waals surface area (Å²) < 4.78 is 9.32. The summed E-state index contributed by atoms with van der Waals surface area (Å²) in [6.07, 6.45) is -0.703. The Labute approximate surface area is 87.2 Å². The SMILES string of the molecule is COC(=O)Oc1ccc2ccccc2c1. The zero-order chi connectivity index (χ0) is 10.7. The summed E-state index contributed by atoms with van der Waals surface area (Å²) in [6, 6.07) is 13.3. The maximum atomic E-state index is 10.9. The maximum Gasteiger partial charge on any atom is 0.513 e. The van der Waals surface area contributed by atoms with Gasteiger partial charge in [-0.05, 0) is 22.9 Å². The first-order valence-electron chi connectivity index (χ1n) is 4.54. The summed E-state index contributed by atoms with van der Waals surface area (Å²) in [7, 11) is 1.28. The quantitative estimate of drug-likeness (QED) is 0.526. The lowest BCUT2D eigenvalue weighted by atomic mass is 10.1. The molecular weight excluding hydrogens is 192 g/mol. The lowest BCUT2D eigenvalue weighted by molar-refractivity contribution is 0.121. The molecule has 3 heteroatoms. The second-order valence-corrected chi connectivity index (χ2v) is 3.07. The number of rotatable bonds is 1. The summed E-state index contributed by atoms with van der Waals surface area (Å²) in [4.78, 5) is 10.9. The van der Waals surface area contributed by atoms with Crippen molar-refractivity contribution in [3.8, 4) is 5.75 Å². The van der Waals surface area contributed by atoms with Crippen molar-refractivity contribution in [3.63, 3.8) is 0 Å². The van der Waals surface area contributed by atoms with Crippen LogP contribution in [0.3, 0.4) is 0 Å². The minimum absolute atomic E-state index is 0.487. The van der Waals surface area contributed by atoms with Crippen LogP contribution < -0.4 is 4.74 Å². The normalized spacial score (nSPS) is 9.93. The van der Waals surface area contributed by atoms with E-state index in [1.807, 2.05) is 30.3 Å². The van der Waals surface area contributed by atoms with Crippen molar-refractivity contribution < 1.29 is 14.3 Å². The summed E-state index contributed by atoms with van der Waals surface area (Å²) in [5.74, 6) is 0.487. The van der Waals surface area contributed by atoms with Gasteiger partial charge in [-0.1, -0.05) is 30.3 Å². The van der Waals surface area contributed by atoms with Crippen molar-refractivity contribution in [1.82, 2.24) is 0 Å². The Balaban J connectivity index is 2.34. The summed E-state index contributed by atoms with van der Waals surface area (Å²) in [6.45, 7) is 0. The Bertz CT molecular complexity index is 491. The van der Waals surface area contributed by atoms with Gasteiger partial charge in [0.1, 0.15) is 5.75 Å². The number of carbonyl (C=O) groups is 1. The fourth-order valence-electron chi connectivity index (χ4n) is 1.37. The van der Waals surface area contributed by atoms with E-state index in [1.165, 1.54) is 7.11 Å². The molecule has 0 aromatic heterocycles. The van der Waals surface area contributed by atoms with Gasteiger partial charge in [-0.25, -0.2) is 4.79 Å². The van der Waals surface area contributed by atoms with Gasteiger partial charge in [0.2, 0.25) is 0 Å². The van der Waals surface area contributed by atoms with Crippen LogP contribution in [0, 0.1) is 0 Å². The van der Waals surface area contributed by atoms with Crippen molar-refractivity contribution in [2.45, 2.75) is 0 Å². The number of ether oxygens (including phenoxy) is 2. The van der Waals surface area contributed by atoms with Gasteiger partial charge in [-0.3, -0.25) is 0 Å². The molecule has 0 saturated carbocycles. The Hall–Kier alpha value is -2.03. The van der Waals surface area contributed by atoms with Crippen LogP contribution in [-0.2, 0) is 4.74 Å². The highest BCUT2D eigenvalue weighted by Gasteiger charge is 2.03. The predicted octanol–water partition coefficient (Wildman–Crippen LogP) is 2.99. The highest BCUT2D eigenvalue weighted by atomic mass is 16.7. The molecule has 0 fully saturated rings. The molecule has 0 radical (unpaired) electrons. The van der Waals surface area contributed by atoms with Crippen LogP contribution in [0.5, 0.6) is 5.75 Å². The van der Waals surface area contributed by atoms with E-state index in [1.54, 1.807) is 12.1 Å². The monoisotopic (exact) mass is 202 g/mol. The predicted molar refractivity (Wildman–Crippen MR) is 57.0 cm³/mol. The molecule has 0 bridgehead atoms. The molecule has 0 spiro atoms. The first kappa shape index (κ1) is 9.52. The van der Waals surface area contributed by atoms with Crippen LogP contribution in [0.4, 0.5) is 4.79 Å². The highest BCUT2D eigenvalue weighted by Crippen LogP contribution is 2.20. The third kappa shape index (κ3) is 2.07. The van der Waals surface area contributed by atoms with E-state index < -0.39 is 6.16 Å². The fourth-order valence-corrected chi connectivity index (χ4v) is 1.37. The van der Waals surface area contributed by atoms with E-state index in [-0.39, 0.29) is 0 Å².